The minimum Gasteiger partial charge on any atom is -0.340 e. The SMILES string of the molecule is CC(C)N1CCN(C(=O)CCN2C(=O)CSc3ccccc32)CC1. The van der Waals surface area contributed by atoms with Gasteiger partial charge in [-0.25, -0.2) is 0 Å². The number of carbonyl (C=O) groups excluding carboxylic acids is 2. The van der Waals surface area contributed by atoms with Gasteiger partial charge in [-0.1, -0.05) is 12.1 Å². The van der Waals surface area contributed by atoms with Crippen LogP contribution in [0.1, 0.15) is 20.3 Å². The molecule has 2 aliphatic heterocycles. The first-order chi connectivity index (χ1) is 11.6. The van der Waals surface area contributed by atoms with Crippen LogP contribution in [0.5, 0.6) is 0 Å². The number of para-hydroxylation sites is 1. The zero-order valence-corrected chi connectivity index (χ0v) is 15.2. The van der Waals surface area contributed by atoms with E-state index in [0.717, 1.165) is 36.8 Å². The van der Waals surface area contributed by atoms with Gasteiger partial charge in [0.05, 0.1) is 11.4 Å². The Balaban J connectivity index is 1.56. The highest BCUT2D eigenvalue weighted by Crippen LogP contribution is 2.34. The summed E-state index contributed by atoms with van der Waals surface area (Å²) in [6, 6.07) is 8.46. The van der Waals surface area contributed by atoms with Gasteiger partial charge in [-0.2, -0.15) is 0 Å². The molecule has 0 radical (unpaired) electrons. The molecule has 24 heavy (non-hydrogen) atoms. The van der Waals surface area contributed by atoms with E-state index in [0.29, 0.717) is 24.8 Å². The van der Waals surface area contributed by atoms with Gasteiger partial charge in [-0.05, 0) is 26.0 Å². The third-order valence-electron chi connectivity index (χ3n) is 4.75. The highest BCUT2D eigenvalue weighted by molar-refractivity contribution is 8.00. The molecule has 1 fully saturated rings. The summed E-state index contributed by atoms with van der Waals surface area (Å²) in [7, 11) is 0. The second-order valence-electron chi connectivity index (χ2n) is 6.56. The van der Waals surface area contributed by atoms with Crippen LogP contribution in [-0.2, 0) is 9.59 Å². The first-order valence-corrected chi connectivity index (χ1v) is 9.59. The predicted molar refractivity (Wildman–Crippen MR) is 97.4 cm³/mol. The summed E-state index contributed by atoms with van der Waals surface area (Å²) < 4.78 is 0. The molecule has 3 rings (SSSR count). The second-order valence-corrected chi connectivity index (χ2v) is 7.58. The van der Waals surface area contributed by atoms with E-state index in [4.69, 9.17) is 0 Å². The Bertz CT molecular complexity index is 612. The van der Waals surface area contributed by atoms with E-state index in [1.54, 1.807) is 16.7 Å². The number of benzene rings is 1. The highest BCUT2D eigenvalue weighted by Gasteiger charge is 2.27. The van der Waals surface area contributed by atoms with Crippen molar-refractivity contribution in [2.75, 3.05) is 43.4 Å². The lowest BCUT2D eigenvalue weighted by Crippen LogP contribution is -2.51. The van der Waals surface area contributed by atoms with Crippen molar-refractivity contribution in [2.24, 2.45) is 0 Å². The number of hydrogen-bond donors (Lipinski definition) is 0. The van der Waals surface area contributed by atoms with Crippen molar-refractivity contribution >= 4 is 29.3 Å². The summed E-state index contributed by atoms with van der Waals surface area (Å²) in [5.41, 5.74) is 0.941. The monoisotopic (exact) mass is 347 g/mol. The Labute approximate surface area is 148 Å². The van der Waals surface area contributed by atoms with E-state index in [9.17, 15) is 9.59 Å². The van der Waals surface area contributed by atoms with E-state index >= 15 is 0 Å². The van der Waals surface area contributed by atoms with Gasteiger partial charge < -0.3 is 9.80 Å². The molecule has 0 unspecified atom stereocenters. The largest absolute Gasteiger partial charge is 0.340 e. The number of fused-ring (bicyclic) bond motifs is 1. The Kier molecular flexibility index (Phi) is 5.46. The normalized spacial score (nSPS) is 18.9. The Hall–Kier alpha value is -1.53. The van der Waals surface area contributed by atoms with Gasteiger partial charge in [0.25, 0.3) is 0 Å². The van der Waals surface area contributed by atoms with Crippen LogP contribution in [0.15, 0.2) is 29.2 Å². The zero-order chi connectivity index (χ0) is 17.1. The maximum Gasteiger partial charge on any atom is 0.237 e. The number of anilines is 1. The molecule has 0 aliphatic carbocycles. The van der Waals surface area contributed by atoms with Crippen molar-refractivity contribution in [2.45, 2.75) is 31.2 Å². The molecule has 1 aromatic rings. The van der Waals surface area contributed by atoms with E-state index in [1.807, 2.05) is 29.2 Å². The van der Waals surface area contributed by atoms with Crippen molar-refractivity contribution in [3.8, 4) is 0 Å². The Morgan fingerprint density at radius 2 is 1.88 bits per heavy atom. The molecule has 130 valence electrons. The lowest BCUT2D eigenvalue weighted by molar-refractivity contribution is -0.133. The number of piperazine rings is 1. The molecule has 0 atom stereocenters. The molecule has 0 N–H and O–H groups in total. The van der Waals surface area contributed by atoms with Crippen LogP contribution in [0.4, 0.5) is 5.69 Å². The lowest BCUT2D eigenvalue weighted by atomic mass is 10.2. The van der Waals surface area contributed by atoms with Gasteiger partial charge in [0.1, 0.15) is 0 Å². The number of rotatable bonds is 4. The third-order valence-corrected chi connectivity index (χ3v) is 5.80. The van der Waals surface area contributed by atoms with Crippen molar-refractivity contribution in [3.05, 3.63) is 24.3 Å². The molecule has 2 amide bonds. The van der Waals surface area contributed by atoms with Crippen LogP contribution >= 0.6 is 11.8 Å². The predicted octanol–water partition coefficient (Wildman–Crippen LogP) is 2.07. The van der Waals surface area contributed by atoms with Crippen LogP contribution in [-0.4, -0.2) is 66.1 Å². The fourth-order valence-electron chi connectivity index (χ4n) is 3.25. The van der Waals surface area contributed by atoms with Gasteiger partial charge in [0.15, 0.2) is 0 Å². The van der Waals surface area contributed by atoms with Gasteiger partial charge in [-0.15, -0.1) is 11.8 Å². The van der Waals surface area contributed by atoms with Crippen LogP contribution in [0, 0.1) is 0 Å². The summed E-state index contributed by atoms with van der Waals surface area (Å²) in [6.07, 6.45) is 0.395. The van der Waals surface area contributed by atoms with Gasteiger partial charge in [0.2, 0.25) is 11.8 Å². The fourth-order valence-corrected chi connectivity index (χ4v) is 4.19. The molecule has 1 aromatic carbocycles. The van der Waals surface area contributed by atoms with Crippen LogP contribution in [0.2, 0.25) is 0 Å². The Morgan fingerprint density at radius 3 is 2.58 bits per heavy atom. The fraction of sp³-hybridized carbons (Fsp3) is 0.556. The van der Waals surface area contributed by atoms with Gasteiger partial charge in [-0.3, -0.25) is 14.5 Å². The zero-order valence-electron chi connectivity index (χ0n) is 14.4. The second kappa shape index (κ2) is 7.57. The highest BCUT2D eigenvalue weighted by atomic mass is 32.2. The van der Waals surface area contributed by atoms with Crippen molar-refractivity contribution in [1.29, 1.82) is 0 Å². The third kappa shape index (κ3) is 3.75. The maximum atomic E-state index is 12.5. The van der Waals surface area contributed by atoms with Crippen LogP contribution in [0.3, 0.4) is 0 Å². The Morgan fingerprint density at radius 1 is 1.17 bits per heavy atom. The molecule has 6 heteroatoms. The van der Waals surface area contributed by atoms with E-state index in [-0.39, 0.29) is 11.8 Å². The lowest BCUT2D eigenvalue weighted by Gasteiger charge is -2.37. The topological polar surface area (TPSA) is 43.9 Å². The number of carbonyl (C=O) groups is 2. The van der Waals surface area contributed by atoms with Gasteiger partial charge in [0, 0.05) is 50.1 Å². The molecule has 5 nitrogen and oxygen atoms in total. The average molecular weight is 347 g/mol. The van der Waals surface area contributed by atoms with Gasteiger partial charge >= 0.3 is 0 Å². The molecule has 0 spiro atoms. The molecule has 0 saturated carbocycles. The molecule has 1 saturated heterocycles. The number of hydrogen-bond acceptors (Lipinski definition) is 4. The minimum atomic E-state index is 0.0936. The summed E-state index contributed by atoms with van der Waals surface area (Å²) >= 11 is 1.57. The molecular formula is C18H25N3O2S. The summed E-state index contributed by atoms with van der Waals surface area (Å²) in [5, 5.41) is 0. The number of nitrogens with zero attached hydrogens (tertiary/aromatic N) is 3. The average Bonchev–Trinajstić information content (AvgIpc) is 2.60. The molecule has 2 aliphatic rings. The molecule has 0 bridgehead atoms. The minimum absolute atomic E-state index is 0.0936. The van der Waals surface area contributed by atoms with Crippen LogP contribution in [0.25, 0.3) is 0 Å². The summed E-state index contributed by atoms with van der Waals surface area (Å²) in [4.78, 5) is 32.0. The van der Waals surface area contributed by atoms with E-state index in [1.165, 1.54) is 0 Å². The summed E-state index contributed by atoms with van der Waals surface area (Å²) in [5.74, 6) is 0.705. The summed E-state index contributed by atoms with van der Waals surface area (Å²) in [6.45, 7) is 8.30. The first-order valence-electron chi connectivity index (χ1n) is 8.60. The molecular weight excluding hydrogens is 322 g/mol. The number of amides is 2. The smallest absolute Gasteiger partial charge is 0.237 e. The van der Waals surface area contributed by atoms with E-state index < -0.39 is 0 Å². The van der Waals surface area contributed by atoms with E-state index in [2.05, 4.69) is 18.7 Å². The standard InChI is InChI=1S/C18H25N3O2S/c1-14(2)19-9-11-20(12-10-19)17(22)7-8-21-15-5-3-4-6-16(15)24-13-18(21)23/h3-6,14H,7-13H2,1-2H3. The van der Waals surface area contributed by atoms with Crippen molar-refractivity contribution in [1.82, 2.24) is 9.80 Å². The first kappa shape index (κ1) is 17.3. The maximum absolute atomic E-state index is 12.5. The van der Waals surface area contributed by atoms with Crippen molar-refractivity contribution in [3.63, 3.8) is 0 Å². The van der Waals surface area contributed by atoms with Crippen LogP contribution < -0.4 is 4.90 Å². The quantitative estimate of drug-likeness (QED) is 0.836. The molecule has 0 aromatic heterocycles. The number of thioether (sulfide) groups is 1. The van der Waals surface area contributed by atoms with Crippen molar-refractivity contribution < 1.29 is 9.59 Å². The molecule has 2 heterocycles.